The Balaban J connectivity index is 1.81. The number of likely N-dealkylation sites (tertiary alicyclic amines) is 1. The molecule has 1 saturated heterocycles. The molecule has 21 heavy (non-hydrogen) atoms. The number of hydrogen-bond acceptors (Lipinski definition) is 6. The molecule has 8 nitrogen and oxygen atoms in total. The van der Waals surface area contributed by atoms with Crippen LogP contribution in [0.5, 0.6) is 0 Å². The number of amides is 1. The highest BCUT2D eigenvalue weighted by Gasteiger charge is 2.39. The summed E-state index contributed by atoms with van der Waals surface area (Å²) in [5.41, 5.74) is 0.703. The summed E-state index contributed by atoms with van der Waals surface area (Å²) < 4.78 is 6.88. The van der Waals surface area contributed by atoms with E-state index in [0.29, 0.717) is 18.8 Å². The van der Waals surface area contributed by atoms with Crippen molar-refractivity contribution in [3.05, 3.63) is 29.9 Å². The predicted molar refractivity (Wildman–Crippen MR) is 73.7 cm³/mol. The third-order valence-corrected chi connectivity index (χ3v) is 3.83. The van der Waals surface area contributed by atoms with Gasteiger partial charge in [0.2, 0.25) is 5.76 Å². The van der Waals surface area contributed by atoms with Gasteiger partial charge in [0.25, 0.3) is 5.91 Å². The van der Waals surface area contributed by atoms with Crippen LogP contribution in [0.15, 0.2) is 23.0 Å². The van der Waals surface area contributed by atoms with Gasteiger partial charge in [-0.05, 0) is 21.0 Å². The van der Waals surface area contributed by atoms with Crippen molar-refractivity contribution in [2.75, 3.05) is 27.2 Å². The van der Waals surface area contributed by atoms with Gasteiger partial charge in [0.05, 0.1) is 24.0 Å². The quantitative estimate of drug-likeness (QED) is 0.803. The van der Waals surface area contributed by atoms with E-state index in [2.05, 4.69) is 20.4 Å². The number of rotatable bonds is 3. The first-order chi connectivity index (χ1) is 10.1. The summed E-state index contributed by atoms with van der Waals surface area (Å²) in [5.74, 6) is 0.148. The highest BCUT2D eigenvalue weighted by Crippen LogP contribution is 2.25. The van der Waals surface area contributed by atoms with Crippen molar-refractivity contribution >= 4 is 5.91 Å². The molecule has 0 N–H and O–H groups in total. The number of aromatic nitrogens is 4. The first-order valence-corrected chi connectivity index (χ1v) is 6.81. The van der Waals surface area contributed by atoms with Gasteiger partial charge in [-0.1, -0.05) is 10.4 Å². The Labute approximate surface area is 122 Å². The van der Waals surface area contributed by atoms with E-state index in [9.17, 15) is 4.79 Å². The first kappa shape index (κ1) is 13.7. The zero-order chi connectivity index (χ0) is 15.0. The predicted octanol–water partition coefficient (Wildman–Crippen LogP) is 0.202. The van der Waals surface area contributed by atoms with E-state index >= 15 is 0 Å². The molecule has 0 aliphatic carbocycles. The average molecular weight is 290 g/mol. The third-order valence-electron chi connectivity index (χ3n) is 3.83. The van der Waals surface area contributed by atoms with Crippen molar-refractivity contribution in [2.24, 2.45) is 0 Å². The molecular formula is C13H18N6O2. The Morgan fingerprint density at radius 3 is 2.81 bits per heavy atom. The molecule has 112 valence electrons. The molecule has 0 bridgehead atoms. The lowest BCUT2D eigenvalue weighted by Crippen LogP contribution is -2.37. The summed E-state index contributed by atoms with van der Waals surface area (Å²) in [7, 11) is 4.00. The van der Waals surface area contributed by atoms with Crippen LogP contribution in [-0.2, 0) is 0 Å². The van der Waals surface area contributed by atoms with Crippen molar-refractivity contribution in [2.45, 2.75) is 19.0 Å². The second-order valence-electron chi connectivity index (χ2n) is 5.52. The third kappa shape index (κ3) is 2.54. The van der Waals surface area contributed by atoms with E-state index in [1.807, 2.05) is 25.0 Å². The van der Waals surface area contributed by atoms with Crippen molar-refractivity contribution in [3.63, 3.8) is 0 Å². The fourth-order valence-corrected chi connectivity index (χ4v) is 2.72. The normalized spacial score (nSPS) is 22.2. The van der Waals surface area contributed by atoms with Crippen LogP contribution in [0.1, 0.15) is 22.3 Å². The minimum Gasteiger partial charge on any atom is -0.351 e. The topological polar surface area (TPSA) is 80.3 Å². The molecule has 0 spiro atoms. The summed E-state index contributed by atoms with van der Waals surface area (Å²) in [6, 6.07) is 1.92. The van der Waals surface area contributed by atoms with Crippen LogP contribution in [0, 0.1) is 6.92 Å². The van der Waals surface area contributed by atoms with Crippen LogP contribution < -0.4 is 0 Å². The second kappa shape index (κ2) is 5.28. The molecule has 0 aromatic carbocycles. The maximum atomic E-state index is 12.5. The summed E-state index contributed by atoms with van der Waals surface area (Å²) in [6.45, 7) is 2.99. The summed E-state index contributed by atoms with van der Waals surface area (Å²) in [5, 5.41) is 11.7. The van der Waals surface area contributed by atoms with Crippen LogP contribution in [0.4, 0.5) is 0 Å². The Hall–Kier alpha value is -2.22. The van der Waals surface area contributed by atoms with Crippen molar-refractivity contribution in [1.82, 2.24) is 30.0 Å². The van der Waals surface area contributed by atoms with Gasteiger partial charge >= 0.3 is 0 Å². The highest BCUT2D eigenvalue weighted by atomic mass is 16.5. The lowest BCUT2D eigenvalue weighted by atomic mass is 10.1. The Morgan fingerprint density at radius 1 is 1.43 bits per heavy atom. The molecule has 2 aromatic rings. The van der Waals surface area contributed by atoms with Gasteiger partial charge < -0.3 is 14.3 Å². The number of likely N-dealkylation sites (N-methyl/N-ethyl adjacent to an activating group) is 1. The van der Waals surface area contributed by atoms with Gasteiger partial charge in [-0.2, -0.15) is 0 Å². The maximum Gasteiger partial charge on any atom is 0.292 e. The molecule has 1 fully saturated rings. The molecule has 3 rings (SSSR count). The maximum absolute atomic E-state index is 12.5. The minimum absolute atomic E-state index is 0.0791. The number of nitrogens with zero attached hydrogens (tertiary/aromatic N) is 6. The molecule has 2 atom stereocenters. The van der Waals surface area contributed by atoms with Gasteiger partial charge in [-0.3, -0.25) is 4.79 Å². The Morgan fingerprint density at radius 2 is 2.24 bits per heavy atom. The molecule has 0 saturated carbocycles. The SMILES string of the molecule is Cc1cc(C(=O)N2C[C@@H](N(C)C)[C@@H](n3ccnn3)C2)on1. The number of aryl methyl sites for hydroxylation is 1. The van der Waals surface area contributed by atoms with Crippen LogP contribution >= 0.6 is 0 Å². The fraction of sp³-hybridized carbons (Fsp3) is 0.538. The Kier molecular flexibility index (Phi) is 3.46. The van der Waals surface area contributed by atoms with E-state index in [1.54, 1.807) is 24.1 Å². The largest absolute Gasteiger partial charge is 0.351 e. The van der Waals surface area contributed by atoms with E-state index in [-0.39, 0.29) is 23.8 Å². The monoisotopic (exact) mass is 290 g/mol. The van der Waals surface area contributed by atoms with E-state index in [0.717, 1.165) is 0 Å². The summed E-state index contributed by atoms with van der Waals surface area (Å²) >= 11 is 0. The molecule has 0 unspecified atom stereocenters. The fourth-order valence-electron chi connectivity index (χ4n) is 2.72. The zero-order valence-corrected chi connectivity index (χ0v) is 12.3. The molecule has 1 aliphatic rings. The lowest BCUT2D eigenvalue weighted by molar-refractivity contribution is 0.0739. The van der Waals surface area contributed by atoms with Gasteiger partial charge in [0, 0.05) is 25.4 Å². The minimum atomic E-state index is -0.134. The number of carbonyl (C=O) groups excluding carboxylic acids is 1. The van der Waals surface area contributed by atoms with Crippen LogP contribution in [-0.4, -0.2) is 69.1 Å². The van der Waals surface area contributed by atoms with Gasteiger partial charge in [0.1, 0.15) is 0 Å². The lowest BCUT2D eigenvalue weighted by Gasteiger charge is -2.24. The molecule has 0 radical (unpaired) electrons. The number of carbonyl (C=O) groups is 1. The highest BCUT2D eigenvalue weighted by molar-refractivity contribution is 5.91. The van der Waals surface area contributed by atoms with Gasteiger partial charge in [-0.25, -0.2) is 4.68 Å². The van der Waals surface area contributed by atoms with Crippen LogP contribution in [0.3, 0.4) is 0 Å². The molecule has 2 aromatic heterocycles. The van der Waals surface area contributed by atoms with E-state index < -0.39 is 0 Å². The van der Waals surface area contributed by atoms with Crippen LogP contribution in [0.2, 0.25) is 0 Å². The van der Waals surface area contributed by atoms with Gasteiger partial charge in [0.15, 0.2) is 0 Å². The first-order valence-electron chi connectivity index (χ1n) is 6.81. The summed E-state index contributed by atoms with van der Waals surface area (Å²) in [6.07, 6.45) is 3.48. The molecule has 3 heterocycles. The second-order valence-corrected chi connectivity index (χ2v) is 5.52. The van der Waals surface area contributed by atoms with E-state index in [1.165, 1.54) is 0 Å². The zero-order valence-electron chi connectivity index (χ0n) is 12.3. The smallest absolute Gasteiger partial charge is 0.292 e. The standard InChI is InChI=1S/C13H18N6O2/c1-9-6-12(21-15-9)13(20)18-7-10(17(2)3)11(8-18)19-5-4-14-16-19/h4-6,10-11H,7-8H2,1-3H3/t10-,11+/m1/s1. The van der Waals surface area contributed by atoms with Gasteiger partial charge in [-0.15, -0.1) is 5.10 Å². The molecule has 1 amide bonds. The summed E-state index contributed by atoms with van der Waals surface area (Å²) in [4.78, 5) is 16.3. The van der Waals surface area contributed by atoms with Crippen molar-refractivity contribution in [3.8, 4) is 0 Å². The van der Waals surface area contributed by atoms with Crippen molar-refractivity contribution in [1.29, 1.82) is 0 Å². The van der Waals surface area contributed by atoms with Crippen molar-refractivity contribution < 1.29 is 9.32 Å². The van der Waals surface area contributed by atoms with E-state index in [4.69, 9.17) is 4.52 Å². The number of hydrogen-bond donors (Lipinski definition) is 0. The average Bonchev–Trinajstić information content (AvgIpc) is 3.17. The molecule has 1 aliphatic heterocycles. The van der Waals surface area contributed by atoms with Crippen LogP contribution in [0.25, 0.3) is 0 Å². The molecule has 8 heteroatoms. The molecular weight excluding hydrogens is 272 g/mol. The Bertz CT molecular complexity index is 620.